The lowest BCUT2D eigenvalue weighted by atomic mass is 10.1. The molecule has 2 N–H and O–H groups in total. The van der Waals surface area contributed by atoms with Gasteiger partial charge in [-0.25, -0.2) is 0 Å². The zero-order chi connectivity index (χ0) is 13.5. The van der Waals surface area contributed by atoms with E-state index in [0.717, 1.165) is 18.7 Å². The number of hydrogen-bond acceptors (Lipinski definition) is 5. The van der Waals surface area contributed by atoms with Crippen LogP contribution >= 0.6 is 0 Å². The lowest BCUT2D eigenvalue weighted by Gasteiger charge is -2.26. The summed E-state index contributed by atoms with van der Waals surface area (Å²) >= 11 is 0. The summed E-state index contributed by atoms with van der Waals surface area (Å²) in [4.78, 5) is 13.8. The maximum Gasteiger partial charge on any atom is 0.324 e. The van der Waals surface area contributed by atoms with Crippen molar-refractivity contribution in [2.45, 2.75) is 12.5 Å². The Morgan fingerprint density at radius 1 is 1.32 bits per heavy atom. The third-order valence-corrected chi connectivity index (χ3v) is 3.09. The Labute approximate surface area is 113 Å². The van der Waals surface area contributed by atoms with Crippen LogP contribution in [0.1, 0.15) is 5.56 Å². The Bertz CT molecular complexity index is 391. The van der Waals surface area contributed by atoms with Crippen molar-refractivity contribution in [1.82, 2.24) is 4.90 Å². The van der Waals surface area contributed by atoms with Crippen LogP contribution in [-0.2, 0) is 20.7 Å². The second kappa shape index (κ2) is 7.23. The quantitative estimate of drug-likeness (QED) is 0.779. The number of hydrogen-bond donors (Lipinski definition) is 1. The highest BCUT2D eigenvalue weighted by Crippen LogP contribution is 2.04. The number of nitrogens with two attached hydrogens (primary N) is 1. The van der Waals surface area contributed by atoms with Gasteiger partial charge in [-0.05, 0) is 12.0 Å². The maximum absolute atomic E-state index is 11.8. The summed E-state index contributed by atoms with van der Waals surface area (Å²) in [5.41, 5.74) is 6.89. The van der Waals surface area contributed by atoms with Gasteiger partial charge in [0.25, 0.3) is 0 Å². The molecule has 1 atom stereocenters. The molecule has 0 spiro atoms. The molecule has 0 saturated carbocycles. The molecular weight excluding hydrogens is 244 g/mol. The number of ether oxygens (including phenoxy) is 2. The predicted octanol–water partition coefficient (Wildman–Crippen LogP) is 0.389. The van der Waals surface area contributed by atoms with Crippen molar-refractivity contribution >= 4 is 5.97 Å². The highest BCUT2D eigenvalue weighted by atomic mass is 16.5. The minimum atomic E-state index is -0.608. The van der Waals surface area contributed by atoms with E-state index in [1.807, 2.05) is 35.2 Å². The van der Waals surface area contributed by atoms with Gasteiger partial charge >= 0.3 is 5.97 Å². The van der Waals surface area contributed by atoms with E-state index in [9.17, 15) is 4.79 Å². The van der Waals surface area contributed by atoms with Crippen molar-refractivity contribution in [1.29, 1.82) is 0 Å². The first-order valence-electron chi connectivity index (χ1n) is 6.52. The van der Waals surface area contributed by atoms with Gasteiger partial charge in [0, 0.05) is 13.1 Å². The van der Waals surface area contributed by atoms with E-state index in [2.05, 4.69) is 0 Å². The van der Waals surface area contributed by atoms with Gasteiger partial charge in [-0.1, -0.05) is 30.3 Å². The molecule has 5 nitrogen and oxygen atoms in total. The number of morpholine rings is 1. The number of nitrogens with zero attached hydrogens (tertiary/aromatic N) is 1. The largest absolute Gasteiger partial charge is 0.448 e. The molecule has 1 aromatic rings. The van der Waals surface area contributed by atoms with Crippen LogP contribution < -0.4 is 5.73 Å². The van der Waals surface area contributed by atoms with Crippen molar-refractivity contribution in [3.05, 3.63) is 35.9 Å². The molecule has 0 unspecified atom stereocenters. The fraction of sp³-hybridized carbons (Fsp3) is 0.500. The van der Waals surface area contributed by atoms with Crippen LogP contribution in [-0.4, -0.2) is 49.9 Å². The predicted molar refractivity (Wildman–Crippen MR) is 71.5 cm³/mol. The summed E-state index contributed by atoms with van der Waals surface area (Å²) < 4.78 is 10.4. The van der Waals surface area contributed by atoms with E-state index in [-0.39, 0.29) is 5.97 Å². The topological polar surface area (TPSA) is 64.8 Å². The Balaban J connectivity index is 1.73. The summed E-state index contributed by atoms with van der Waals surface area (Å²) in [5, 5.41) is 0. The van der Waals surface area contributed by atoms with E-state index in [0.29, 0.717) is 26.4 Å². The van der Waals surface area contributed by atoms with Gasteiger partial charge in [-0.2, -0.15) is 0 Å². The summed E-state index contributed by atoms with van der Waals surface area (Å²) in [7, 11) is 0. The molecule has 1 aliphatic heterocycles. The average Bonchev–Trinajstić information content (AvgIpc) is 2.47. The van der Waals surface area contributed by atoms with Crippen molar-refractivity contribution in [3.63, 3.8) is 0 Å². The van der Waals surface area contributed by atoms with Crippen LogP contribution in [0.3, 0.4) is 0 Å². The number of benzene rings is 1. The summed E-state index contributed by atoms with van der Waals surface area (Å²) in [5.74, 6) is -0.352. The molecule has 0 amide bonds. The van der Waals surface area contributed by atoms with Gasteiger partial charge in [-0.3, -0.25) is 9.69 Å². The van der Waals surface area contributed by atoms with Gasteiger partial charge in [0.15, 0.2) is 0 Å². The normalized spacial score (nSPS) is 17.9. The van der Waals surface area contributed by atoms with Gasteiger partial charge in [0.1, 0.15) is 12.8 Å². The Hall–Kier alpha value is -1.43. The minimum Gasteiger partial charge on any atom is -0.448 e. The molecule has 1 fully saturated rings. The summed E-state index contributed by atoms with van der Waals surface area (Å²) in [6.07, 6.45) is 0.503. The van der Waals surface area contributed by atoms with Crippen LogP contribution in [0.2, 0.25) is 0 Å². The SMILES string of the molecule is N[C@@H](Cc1ccccc1)C(=O)OCN1CCOCC1. The Morgan fingerprint density at radius 2 is 2.00 bits per heavy atom. The lowest BCUT2D eigenvalue weighted by molar-refractivity contribution is -0.152. The smallest absolute Gasteiger partial charge is 0.324 e. The van der Waals surface area contributed by atoms with Gasteiger partial charge in [-0.15, -0.1) is 0 Å². The van der Waals surface area contributed by atoms with Crippen LogP contribution in [0.5, 0.6) is 0 Å². The Kier molecular flexibility index (Phi) is 5.32. The monoisotopic (exact) mass is 264 g/mol. The van der Waals surface area contributed by atoms with Crippen molar-refractivity contribution < 1.29 is 14.3 Å². The fourth-order valence-electron chi connectivity index (χ4n) is 1.94. The molecule has 0 aliphatic carbocycles. The molecule has 1 aliphatic rings. The molecule has 2 rings (SSSR count). The van der Waals surface area contributed by atoms with Gasteiger partial charge in [0.2, 0.25) is 0 Å². The highest BCUT2D eigenvalue weighted by molar-refractivity contribution is 5.75. The molecule has 0 aromatic heterocycles. The highest BCUT2D eigenvalue weighted by Gasteiger charge is 2.18. The number of carbonyl (C=O) groups is 1. The first-order valence-corrected chi connectivity index (χ1v) is 6.52. The molecule has 1 aromatic carbocycles. The first kappa shape index (κ1) is 14.0. The van der Waals surface area contributed by atoms with Gasteiger partial charge < -0.3 is 15.2 Å². The second-order valence-electron chi connectivity index (χ2n) is 4.62. The molecule has 0 bridgehead atoms. The van der Waals surface area contributed by atoms with Crippen LogP contribution in [0.15, 0.2) is 30.3 Å². The van der Waals surface area contributed by atoms with E-state index in [4.69, 9.17) is 15.2 Å². The summed E-state index contributed by atoms with van der Waals surface area (Å²) in [6.45, 7) is 3.26. The summed E-state index contributed by atoms with van der Waals surface area (Å²) in [6, 6.07) is 9.10. The van der Waals surface area contributed by atoms with E-state index >= 15 is 0 Å². The maximum atomic E-state index is 11.8. The molecule has 0 radical (unpaired) electrons. The lowest BCUT2D eigenvalue weighted by Crippen LogP contribution is -2.41. The molecule has 5 heteroatoms. The standard InChI is InChI=1S/C14H20N2O3/c15-13(10-12-4-2-1-3-5-12)14(17)19-11-16-6-8-18-9-7-16/h1-5,13H,6-11,15H2/t13-/m0/s1. The van der Waals surface area contributed by atoms with E-state index < -0.39 is 6.04 Å². The third kappa shape index (κ3) is 4.63. The molecular formula is C14H20N2O3. The third-order valence-electron chi connectivity index (χ3n) is 3.09. The van der Waals surface area contributed by atoms with Crippen molar-refractivity contribution in [2.75, 3.05) is 33.0 Å². The van der Waals surface area contributed by atoms with Crippen LogP contribution in [0, 0.1) is 0 Å². The molecule has 19 heavy (non-hydrogen) atoms. The molecule has 1 saturated heterocycles. The van der Waals surface area contributed by atoms with Crippen LogP contribution in [0.4, 0.5) is 0 Å². The van der Waals surface area contributed by atoms with Gasteiger partial charge in [0.05, 0.1) is 13.2 Å². The minimum absolute atomic E-state index is 0.296. The van der Waals surface area contributed by atoms with Crippen molar-refractivity contribution in [2.24, 2.45) is 5.73 Å². The Morgan fingerprint density at radius 3 is 2.68 bits per heavy atom. The van der Waals surface area contributed by atoms with E-state index in [1.54, 1.807) is 0 Å². The van der Waals surface area contributed by atoms with E-state index in [1.165, 1.54) is 0 Å². The zero-order valence-electron chi connectivity index (χ0n) is 11.0. The average molecular weight is 264 g/mol. The zero-order valence-corrected chi connectivity index (χ0v) is 11.0. The van der Waals surface area contributed by atoms with Crippen molar-refractivity contribution in [3.8, 4) is 0 Å². The second-order valence-corrected chi connectivity index (χ2v) is 4.62. The number of carbonyl (C=O) groups excluding carboxylic acids is 1. The number of rotatable bonds is 5. The molecule has 1 heterocycles. The van der Waals surface area contributed by atoms with Crippen LogP contribution in [0.25, 0.3) is 0 Å². The number of esters is 1. The molecule has 104 valence electrons. The first-order chi connectivity index (χ1) is 9.25. The fourth-order valence-corrected chi connectivity index (χ4v) is 1.94.